The lowest BCUT2D eigenvalue weighted by atomic mass is 10.0. The van der Waals surface area contributed by atoms with E-state index in [1.165, 1.54) is 6.42 Å². The number of nitrogens with zero attached hydrogens (tertiary/aromatic N) is 3. The van der Waals surface area contributed by atoms with Crippen molar-refractivity contribution in [2.75, 3.05) is 25.0 Å². The van der Waals surface area contributed by atoms with Gasteiger partial charge < -0.3 is 20.6 Å². The summed E-state index contributed by atoms with van der Waals surface area (Å²) in [5, 5.41) is 5.71. The second-order valence-electron chi connectivity index (χ2n) is 8.99. The van der Waals surface area contributed by atoms with Crippen LogP contribution in [0.2, 0.25) is 10.0 Å². The van der Waals surface area contributed by atoms with Gasteiger partial charge in [-0.05, 0) is 61.5 Å². The smallest absolute Gasteiger partial charge is 0.258 e. The number of halogens is 2. The van der Waals surface area contributed by atoms with Gasteiger partial charge >= 0.3 is 0 Å². The minimum Gasteiger partial charge on any atom is -0.329 e. The summed E-state index contributed by atoms with van der Waals surface area (Å²) in [6.45, 7) is 4.59. The molecule has 3 heterocycles. The Morgan fingerprint density at radius 2 is 2.03 bits per heavy atom. The zero-order valence-corrected chi connectivity index (χ0v) is 21.2. The molecule has 1 saturated heterocycles. The number of aryl methyl sites for hydroxylation is 2. The molecular formula is C26H28Cl2N6O. The van der Waals surface area contributed by atoms with Crippen LogP contribution in [0.5, 0.6) is 0 Å². The van der Waals surface area contributed by atoms with Gasteiger partial charge in [-0.1, -0.05) is 41.4 Å². The molecule has 0 spiro atoms. The highest BCUT2D eigenvalue weighted by Gasteiger charge is 2.22. The normalized spacial score (nSPS) is 16.8. The molecule has 9 heteroatoms. The number of rotatable bonds is 6. The van der Waals surface area contributed by atoms with Gasteiger partial charge in [0.2, 0.25) is 5.95 Å². The van der Waals surface area contributed by atoms with E-state index in [9.17, 15) is 4.79 Å². The number of para-hydroxylation sites is 1. The fraction of sp³-hybridized carbons (Fsp3) is 0.308. The number of nitrogens with two attached hydrogens (primary N) is 1. The van der Waals surface area contributed by atoms with E-state index in [1.807, 2.05) is 36.7 Å². The van der Waals surface area contributed by atoms with Gasteiger partial charge in [0.25, 0.3) is 5.56 Å². The van der Waals surface area contributed by atoms with Gasteiger partial charge in [-0.15, -0.1) is 0 Å². The Morgan fingerprint density at radius 1 is 1.26 bits per heavy atom. The van der Waals surface area contributed by atoms with Crippen molar-refractivity contribution >= 4 is 62.7 Å². The molecule has 0 saturated carbocycles. The van der Waals surface area contributed by atoms with Crippen LogP contribution in [0.1, 0.15) is 24.1 Å². The van der Waals surface area contributed by atoms with Crippen LogP contribution in [0.4, 0.5) is 11.6 Å². The van der Waals surface area contributed by atoms with Crippen molar-refractivity contribution in [3.63, 3.8) is 0 Å². The largest absolute Gasteiger partial charge is 0.329 e. The highest BCUT2D eigenvalue weighted by molar-refractivity contribution is 6.39. The summed E-state index contributed by atoms with van der Waals surface area (Å²) < 4.78 is 1.86. The summed E-state index contributed by atoms with van der Waals surface area (Å²) in [5.41, 5.74) is 9.60. The first-order chi connectivity index (χ1) is 16.9. The zero-order chi connectivity index (χ0) is 24.7. The van der Waals surface area contributed by atoms with Crippen molar-refractivity contribution in [2.45, 2.75) is 25.8 Å². The van der Waals surface area contributed by atoms with Gasteiger partial charge in [-0.25, -0.2) is 4.98 Å². The molecule has 1 aliphatic heterocycles. The van der Waals surface area contributed by atoms with Crippen LogP contribution in [-0.4, -0.2) is 45.1 Å². The van der Waals surface area contributed by atoms with Crippen LogP contribution in [-0.2, 0) is 7.05 Å². The molecule has 0 unspecified atom stereocenters. The molecule has 2 aromatic heterocycles. The van der Waals surface area contributed by atoms with Crippen LogP contribution >= 0.6 is 23.2 Å². The molecular weight excluding hydrogens is 483 g/mol. The van der Waals surface area contributed by atoms with Gasteiger partial charge in [-0.2, -0.15) is 0 Å². The van der Waals surface area contributed by atoms with E-state index in [2.05, 4.69) is 21.3 Å². The lowest BCUT2D eigenvalue weighted by molar-refractivity contribution is 0.286. The Hall–Kier alpha value is -2.84. The van der Waals surface area contributed by atoms with E-state index in [-0.39, 0.29) is 5.56 Å². The predicted octanol–water partition coefficient (Wildman–Crippen LogP) is 5.21. The fourth-order valence-electron chi connectivity index (χ4n) is 4.99. The van der Waals surface area contributed by atoms with E-state index in [0.29, 0.717) is 45.2 Å². The average molecular weight is 511 g/mol. The van der Waals surface area contributed by atoms with Crippen LogP contribution in [0.3, 0.4) is 0 Å². The first kappa shape index (κ1) is 23.9. The Morgan fingerprint density at radius 3 is 2.77 bits per heavy atom. The van der Waals surface area contributed by atoms with Crippen molar-refractivity contribution < 1.29 is 0 Å². The maximum Gasteiger partial charge on any atom is 0.258 e. The quantitative estimate of drug-likeness (QED) is 0.331. The third-order valence-corrected chi connectivity index (χ3v) is 7.54. The molecule has 7 nitrogen and oxygen atoms in total. The van der Waals surface area contributed by atoms with E-state index >= 15 is 0 Å². The number of nitrogens with one attached hydrogen (secondary N) is 2. The van der Waals surface area contributed by atoms with E-state index in [4.69, 9.17) is 33.9 Å². The van der Waals surface area contributed by atoms with Crippen LogP contribution in [0, 0.1) is 6.92 Å². The number of benzene rings is 2. The lowest BCUT2D eigenvalue weighted by Gasteiger charge is -2.21. The first-order valence-electron chi connectivity index (χ1n) is 11.7. The van der Waals surface area contributed by atoms with Crippen LogP contribution in [0.15, 0.2) is 41.2 Å². The summed E-state index contributed by atoms with van der Waals surface area (Å²) in [6.07, 6.45) is 6.44. The Kier molecular flexibility index (Phi) is 6.59. The number of hydrogen-bond acceptors (Lipinski definition) is 5. The SMILES string of the molecule is Cc1c(/C=C\CN2CCC[C@H]2CN)[nH]c(=O)c2c1ccc1nc(Nc3c(Cl)cccc3Cl)n(C)c12. The van der Waals surface area contributed by atoms with Crippen molar-refractivity contribution in [2.24, 2.45) is 12.8 Å². The molecule has 0 radical (unpaired) electrons. The summed E-state index contributed by atoms with van der Waals surface area (Å²) in [6, 6.07) is 9.65. The van der Waals surface area contributed by atoms with Crippen molar-refractivity contribution in [3.05, 3.63) is 68.1 Å². The Bertz CT molecular complexity index is 1490. The summed E-state index contributed by atoms with van der Waals surface area (Å²) >= 11 is 12.7. The van der Waals surface area contributed by atoms with E-state index in [1.54, 1.807) is 18.2 Å². The molecule has 4 aromatic rings. The molecule has 0 amide bonds. The zero-order valence-electron chi connectivity index (χ0n) is 19.7. The molecule has 35 heavy (non-hydrogen) atoms. The number of aromatic amines is 1. The number of aromatic nitrogens is 3. The average Bonchev–Trinajstić information content (AvgIpc) is 3.43. The van der Waals surface area contributed by atoms with Gasteiger partial charge in [-0.3, -0.25) is 9.69 Å². The number of H-pyrrole nitrogens is 1. The molecule has 1 aliphatic rings. The molecule has 2 aromatic carbocycles. The van der Waals surface area contributed by atoms with Crippen molar-refractivity contribution in [1.29, 1.82) is 0 Å². The summed E-state index contributed by atoms with van der Waals surface area (Å²) in [7, 11) is 1.87. The number of hydrogen-bond donors (Lipinski definition) is 3. The third kappa shape index (κ3) is 4.34. The number of likely N-dealkylation sites (tertiary alicyclic amines) is 1. The second kappa shape index (κ2) is 9.66. The van der Waals surface area contributed by atoms with Gasteiger partial charge in [0, 0.05) is 31.9 Å². The molecule has 5 rings (SSSR count). The molecule has 182 valence electrons. The van der Waals surface area contributed by atoms with Crippen molar-refractivity contribution in [3.8, 4) is 0 Å². The minimum atomic E-state index is -0.151. The topological polar surface area (TPSA) is 92.0 Å². The van der Waals surface area contributed by atoms with Crippen LogP contribution in [0.25, 0.3) is 27.9 Å². The monoisotopic (exact) mass is 510 g/mol. The lowest BCUT2D eigenvalue weighted by Crippen LogP contribution is -2.35. The molecule has 4 N–H and O–H groups in total. The summed E-state index contributed by atoms with van der Waals surface area (Å²) in [5.74, 6) is 0.545. The van der Waals surface area contributed by atoms with Gasteiger partial charge in [0.05, 0.1) is 32.2 Å². The standard InChI is InChI=1S/C26H28Cl2N6O/c1-15-17-10-11-21-24(33(2)26(31-21)32-23-18(27)7-3-8-19(23)28)22(17)25(35)30-20(15)9-5-13-34-12-4-6-16(34)14-29/h3,5,7-11,16H,4,6,12-14,29H2,1-2H3,(H,30,35)(H,31,32)/b9-5-/t16-/m0/s1. The number of anilines is 2. The van der Waals surface area contributed by atoms with Gasteiger partial charge in [0.15, 0.2) is 0 Å². The predicted molar refractivity (Wildman–Crippen MR) is 146 cm³/mol. The number of imidazole rings is 1. The Labute approximate surface area is 213 Å². The fourth-order valence-corrected chi connectivity index (χ4v) is 5.48. The number of pyridine rings is 1. The second-order valence-corrected chi connectivity index (χ2v) is 9.81. The van der Waals surface area contributed by atoms with Crippen LogP contribution < -0.4 is 16.6 Å². The number of fused-ring (bicyclic) bond motifs is 3. The molecule has 1 fully saturated rings. The Balaban J connectivity index is 1.53. The van der Waals surface area contributed by atoms with Crippen molar-refractivity contribution in [1.82, 2.24) is 19.4 Å². The highest BCUT2D eigenvalue weighted by atomic mass is 35.5. The summed E-state index contributed by atoms with van der Waals surface area (Å²) in [4.78, 5) is 23.5. The first-order valence-corrected chi connectivity index (χ1v) is 12.5. The third-order valence-electron chi connectivity index (χ3n) is 6.91. The van der Waals surface area contributed by atoms with Gasteiger partial charge in [0.1, 0.15) is 0 Å². The maximum absolute atomic E-state index is 13.3. The maximum atomic E-state index is 13.3. The minimum absolute atomic E-state index is 0.151. The molecule has 0 aliphatic carbocycles. The molecule has 0 bridgehead atoms. The van der Waals surface area contributed by atoms with E-state index in [0.717, 1.165) is 41.7 Å². The van der Waals surface area contributed by atoms with E-state index < -0.39 is 0 Å². The highest BCUT2D eigenvalue weighted by Crippen LogP contribution is 2.34. The molecule has 1 atom stereocenters.